The predicted molar refractivity (Wildman–Crippen MR) is 56.5 cm³/mol. The van der Waals surface area contributed by atoms with E-state index in [9.17, 15) is 4.79 Å². The van der Waals surface area contributed by atoms with Crippen LogP contribution in [0, 0.1) is 0 Å². The summed E-state index contributed by atoms with van der Waals surface area (Å²) in [5.74, 6) is -0.0571. The van der Waals surface area contributed by atoms with Gasteiger partial charge in [-0.1, -0.05) is 0 Å². The first kappa shape index (κ1) is 11.0. The summed E-state index contributed by atoms with van der Waals surface area (Å²) in [5, 5.41) is 5.88. The Morgan fingerprint density at radius 1 is 1.69 bits per heavy atom. The van der Waals surface area contributed by atoms with Crippen molar-refractivity contribution in [3.8, 4) is 0 Å². The van der Waals surface area contributed by atoms with Crippen LogP contribution in [0.2, 0.25) is 0 Å². The van der Waals surface area contributed by atoms with Gasteiger partial charge in [0.25, 0.3) is 0 Å². The van der Waals surface area contributed by atoms with Gasteiger partial charge in [-0.05, 0) is 6.07 Å². The first-order valence-electron chi connectivity index (χ1n) is 5.20. The van der Waals surface area contributed by atoms with E-state index in [1.165, 1.54) is 6.33 Å². The molecule has 1 aliphatic heterocycles. The number of hydrogen-bond acceptors (Lipinski definition) is 5. The van der Waals surface area contributed by atoms with Crippen molar-refractivity contribution in [2.24, 2.45) is 0 Å². The van der Waals surface area contributed by atoms with E-state index in [1.807, 2.05) is 0 Å². The lowest BCUT2D eigenvalue weighted by molar-refractivity contribution is -0.126. The van der Waals surface area contributed by atoms with Crippen LogP contribution in [0.4, 0.5) is 0 Å². The number of hydrogen-bond donors (Lipinski definition) is 2. The highest BCUT2D eigenvalue weighted by Gasteiger charge is 2.20. The third kappa shape index (κ3) is 2.98. The van der Waals surface area contributed by atoms with Crippen LogP contribution in [0.1, 0.15) is 5.69 Å². The minimum Gasteiger partial charge on any atom is -0.378 e. The van der Waals surface area contributed by atoms with Gasteiger partial charge in [0.2, 0.25) is 5.91 Å². The fourth-order valence-corrected chi connectivity index (χ4v) is 1.46. The third-order valence-electron chi connectivity index (χ3n) is 2.33. The van der Waals surface area contributed by atoms with E-state index in [0.29, 0.717) is 26.3 Å². The molecule has 2 N–H and O–H groups in total. The maximum absolute atomic E-state index is 11.7. The van der Waals surface area contributed by atoms with Crippen molar-refractivity contribution >= 4 is 5.91 Å². The number of amides is 1. The van der Waals surface area contributed by atoms with E-state index in [1.54, 1.807) is 12.3 Å². The zero-order valence-electron chi connectivity index (χ0n) is 8.85. The minimum absolute atomic E-state index is 0.0571. The molecule has 16 heavy (non-hydrogen) atoms. The average molecular weight is 222 g/mol. The Bertz CT molecular complexity index is 338. The zero-order valence-corrected chi connectivity index (χ0v) is 8.85. The summed E-state index contributed by atoms with van der Waals surface area (Å²) in [6.45, 7) is 2.22. The summed E-state index contributed by atoms with van der Waals surface area (Å²) in [5.41, 5.74) is 0.792. The van der Waals surface area contributed by atoms with Crippen molar-refractivity contribution in [3.63, 3.8) is 0 Å². The molecule has 1 aliphatic rings. The molecule has 1 saturated heterocycles. The van der Waals surface area contributed by atoms with Crippen molar-refractivity contribution in [3.05, 3.63) is 24.3 Å². The second-order valence-electron chi connectivity index (χ2n) is 3.50. The van der Waals surface area contributed by atoms with Gasteiger partial charge in [-0.15, -0.1) is 0 Å². The summed E-state index contributed by atoms with van der Waals surface area (Å²) >= 11 is 0. The molecule has 0 spiro atoms. The molecule has 0 aliphatic carbocycles. The molecule has 0 radical (unpaired) electrons. The Kier molecular flexibility index (Phi) is 3.79. The van der Waals surface area contributed by atoms with E-state index in [4.69, 9.17) is 4.74 Å². The molecule has 1 aromatic heterocycles. The fraction of sp³-hybridized carbons (Fsp3) is 0.500. The average Bonchev–Trinajstić information content (AvgIpc) is 2.38. The lowest BCUT2D eigenvalue weighted by Crippen LogP contribution is -2.51. The van der Waals surface area contributed by atoms with E-state index < -0.39 is 0 Å². The fourth-order valence-electron chi connectivity index (χ4n) is 1.46. The van der Waals surface area contributed by atoms with E-state index >= 15 is 0 Å². The Labute approximate surface area is 93.4 Å². The van der Waals surface area contributed by atoms with Crippen LogP contribution < -0.4 is 10.6 Å². The molecule has 1 atom stereocenters. The quantitative estimate of drug-likeness (QED) is 0.692. The normalized spacial score (nSPS) is 20.4. The summed E-state index contributed by atoms with van der Waals surface area (Å²) in [6, 6.07) is 1.51. The summed E-state index contributed by atoms with van der Waals surface area (Å²) in [7, 11) is 0. The van der Waals surface area contributed by atoms with Crippen molar-refractivity contribution in [2.45, 2.75) is 12.6 Å². The number of morpholine rings is 1. The molecule has 1 fully saturated rings. The smallest absolute Gasteiger partial charge is 0.239 e. The molecular formula is C10H14N4O2. The van der Waals surface area contributed by atoms with Crippen LogP contribution in [0.3, 0.4) is 0 Å². The molecule has 1 amide bonds. The van der Waals surface area contributed by atoms with Crippen LogP contribution in [-0.2, 0) is 16.1 Å². The number of nitrogens with one attached hydrogen (secondary N) is 2. The Morgan fingerprint density at radius 3 is 3.31 bits per heavy atom. The summed E-state index contributed by atoms with van der Waals surface area (Å²) in [4.78, 5) is 19.5. The number of rotatable bonds is 3. The van der Waals surface area contributed by atoms with Gasteiger partial charge in [0.15, 0.2) is 0 Å². The van der Waals surface area contributed by atoms with Crippen LogP contribution >= 0.6 is 0 Å². The molecular weight excluding hydrogens is 208 g/mol. The van der Waals surface area contributed by atoms with E-state index in [-0.39, 0.29) is 11.9 Å². The van der Waals surface area contributed by atoms with Crippen LogP contribution in [0.25, 0.3) is 0 Å². The second kappa shape index (κ2) is 5.53. The molecule has 2 heterocycles. The standard InChI is InChI=1S/C10H14N4O2/c15-10(9-6-16-4-3-12-9)13-5-8-1-2-11-7-14-8/h1-2,7,9,12H,3-6H2,(H,13,15). The predicted octanol–water partition coefficient (Wildman–Crippen LogP) is -0.919. The monoisotopic (exact) mass is 222 g/mol. The lowest BCUT2D eigenvalue weighted by Gasteiger charge is -2.22. The van der Waals surface area contributed by atoms with Crippen molar-refractivity contribution in [1.29, 1.82) is 0 Å². The third-order valence-corrected chi connectivity index (χ3v) is 2.33. The van der Waals surface area contributed by atoms with Gasteiger partial charge in [-0.2, -0.15) is 0 Å². The number of aromatic nitrogens is 2. The molecule has 0 bridgehead atoms. The molecule has 0 saturated carbocycles. The summed E-state index contributed by atoms with van der Waals surface area (Å²) in [6.07, 6.45) is 3.11. The van der Waals surface area contributed by atoms with Crippen molar-refractivity contribution in [2.75, 3.05) is 19.8 Å². The molecule has 6 heteroatoms. The van der Waals surface area contributed by atoms with Gasteiger partial charge in [0.05, 0.1) is 25.5 Å². The molecule has 6 nitrogen and oxygen atoms in total. The number of nitrogens with zero attached hydrogens (tertiary/aromatic N) is 2. The van der Waals surface area contributed by atoms with Gasteiger partial charge >= 0.3 is 0 Å². The van der Waals surface area contributed by atoms with Crippen molar-refractivity contribution < 1.29 is 9.53 Å². The number of ether oxygens (including phenoxy) is 1. The Hall–Kier alpha value is -1.53. The Balaban J connectivity index is 1.79. The number of carbonyl (C=O) groups excluding carboxylic acids is 1. The highest BCUT2D eigenvalue weighted by atomic mass is 16.5. The van der Waals surface area contributed by atoms with Crippen LogP contribution in [-0.4, -0.2) is 41.7 Å². The molecule has 1 unspecified atom stereocenters. The second-order valence-corrected chi connectivity index (χ2v) is 3.50. The van der Waals surface area contributed by atoms with Crippen LogP contribution in [0.15, 0.2) is 18.6 Å². The maximum atomic E-state index is 11.7. The molecule has 0 aromatic carbocycles. The van der Waals surface area contributed by atoms with Gasteiger partial charge in [0, 0.05) is 12.7 Å². The maximum Gasteiger partial charge on any atom is 0.239 e. The first-order chi connectivity index (χ1) is 7.86. The Morgan fingerprint density at radius 2 is 2.62 bits per heavy atom. The topological polar surface area (TPSA) is 76.1 Å². The molecule has 86 valence electrons. The van der Waals surface area contributed by atoms with Gasteiger partial charge < -0.3 is 15.4 Å². The van der Waals surface area contributed by atoms with E-state index in [0.717, 1.165) is 5.69 Å². The first-order valence-corrected chi connectivity index (χ1v) is 5.20. The largest absolute Gasteiger partial charge is 0.378 e. The molecule has 1 aromatic rings. The minimum atomic E-state index is -0.254. The van der Waals surface area contributed by atoms with Crippen LogP contribution in [0.5, 0.6) is 0 Å². The van der Waals surface area contributed by atoms with Crippen molar-refractivity contribution in [1.82, 2.24) is 20.6 Å². The number of carbonyl (C=O) groups is 1. The van der Waals surface area contributed by atoms with Gasteiger partial charge in [-0.3, -0.25) is 4.79 Å². The lowest BCUT2D eigenvalue weighted by atomic mass is 10.2. The van der Waals surface area contributed by atoms with E-state index in [2.05, 4.69) is 20.6 Å². The molecule has 2 rings (SSSR count). The van der Waals surface area contributed by atoms with Gasteiger partial charge in [-0.25, -0.2) is 9.97 Å². The zero-order chi connectivity index (χ0) is 11.2. The van der Waals surface area contributed by atoms with Gasteiger partial charge in [0.1, 0.15) is 12.4 Å². The highest BCUT2D eigenvalue weighted by Crippen LogP contribution is 1.95. The summed E-state index contributed by atoms with van der Waals surface area (Å²) < 4.78 is 5.21. The SMILES string of the molecule is O=C(NCc1ccncn1)C1COCCN1. The highest BCUT2D eigenvalue weighted by molar-refractivity contribution is 5.81.